The minimum atomic E-state index is -0.487. The van der Waals surface area contributed by atoms with Gasteiger partial charge in [-0.05, 0) is 74.8 Å². The number of hydrogen-bond donors (Lipinski definition) is 0. The molecule has 65 heavy (non-hydrogen) atoms. The van der Waals surface area contributed by atoms with Gasteiger partial charge in [-0.15, -0.1) is 0 Å². The van der Waals surface area contributed by atoms with Crippen molar-refractivity contribution in [1.82, 2.24) is 24.1 Å². The van der Waals surface area contributed by atoms with E-state index < -0.39 is 5.41 Å². The fraction of sp³-hybridized carbons (Fsp3) is 0.0500. The van der Waals surface area contributed by atoms with Gasteiger partial charge >= 0.3 is 0 Å². The van der Waals surface area contributed by atoms with Crippen LogP contribution < -0.4 is 0 Å². The number of benzene rings is 9. The van der Waals surface area contributed by atoms with Gasteiger partial charge in [0.05, 0.1) is 27.5 Å². The van der Waals surface area contributed by atoms with Gasteiger partial charge in [-0.3, -0.25) is 4.57 Å². The van der Waals surface area contributed by atoms with E-state index in [4.69, 9.17) is 15.0 Å². The van der Waals surface area contributed by atoms with E-state index in [1.165, 1.54) is 44.3 Å². The van der Waals surface area contributed by atoms with E-state index in [1.54, 1.807) is 0 Å². The molecule has 14 rings (SSSR count). The van der Waals surface area contributed by atoms with Gasteiger partial charge in [0.15, 0.2) is 11.6 Å². The average molecular weight is 832 g/mol. The first-order valence-electron chi connectivity index (χ1n) is 22.5. The Morgan fingerprint density at radius 2 is 0.877 bits per heavy atom. The van der Waals surface area contributed by atoms with Crippen LogP contribution in [0.5, 0.6) is 0 Å². The van der Waals surface area contributed by atoms with Crippen LogP contribution >= 0.6 is 0 Å². The second-order valence-electron chi connectivity index (χ2n) is 16.7. The fourth-order valence-electron chi connectivity index (χ4n) is 11.2. The maximum atomic E-state index is 5.61. The van der Waals surface area contributed by atoms with Crippen LogP contribution in [0, 0.1) is 0 Å². The Kier molecular flexibility index (Phi) is 8.18. The lowest BCUT2D eigenvalue weighted by atomic mass is 9.70. The quantitative estimate of drug-likeness (QED) is 0.177. The molecule has 5 nitrogen and oxygen atoms in total. The van der Waals surface area contributed by atoms with E-state index in [-0.39, 0.29) is 0 Å². The van der Waals surface area contributed by atoms with Crippen molar-refractivity contribution in [2.75, 3.05) is 0 Å². The first-order chi connectivity index (χ1) is 32.3. The van der Waals surface area contributed by atoms with Gasteiger partial charge in [-0.25, -0.2) is 4.98 Å². The van der Waals surface area contributed by atoms with Gasteiger partial charge in [0, 0.05) is 38.4 Å². The first kappa shape index (κ1) is 37.2. The molecule has 2 aliphatic rings. The van der Waals surface area contributed by atoms with Gasteiger partial charge in [0.2, 0.25) is 5.95 Å². The summed E-state index contributed by atoms with van der Waals surface area (Å²) in [4.78, 5) is 16.5. The molecular weight excluding hydrogens is 791 g/mol. The summed E-state index contributed by atoms with van der Waals surface area (Å²) < 4.78 is 4.66. The Labute approximate surface area is 376 Å². The van der Waals surface area contributed by atoms with Gasteiger partial charge in [0.1, 0.15) is 0 Å². The predicted octanol–water partition coefficient (Wildman–Crippen LogP) is 14.8. The highest BCUT2D eigenvalue weighted by Crippen LogP contribution is 2.63. The summed E-state index contributed by atoms with van der Waals surface area (Å²) >= 11 is 0. The smallest absolute Gasteiger partial charge is 0.238 e. The highest BCUT2D eigenvalue weighted by Gasteiger charge is 2.52. The van der Waals surface area contributed by atoms with Crippen molar-refractivity contribution in [3.05, 3.63) is 235 Å². The van der Waals surface area contributed by atoms with Gasteiger partial charge in [-0.2, -0.15) is 9.97 Å². The monoisotopic (exact) mass is 831 g/mol. The van der Waals surface area contributed by atoms with E-state index >= 15 is 0 Å². The van der Waals surface area contributed by atoms with Crippen molar-refractivity contribution in [2.45, 2.75) is 19.3 Å². The van der Waals surface area contributed by atoms with E-state index in [9.17, 15) is 0 Å². The van der Waals surface area contributed by atoms with Crippen molar-refractivity contribution in [3.63, 3.8) is 0 Å². The first-order valence-corrected chi connectivity index (χ1v) is 22.5. The van der Waals surface area contributed by atoms with Crippen molar-refractivity contribution < 1.29 is 0 Å². The van der Waals surface area contributed by atoms with Crippen LogP contribution in [0.25, 0.3) is 100 Å². The molecular formula is C60H41N5. The number of hydrogen-bond acceptors (Lipinski definition) is 3. The van der Waals surface area contributed by atoms with Crippen molar-refractivity contribution in [2.24, 2.45) is 0 Å². The lowest BCUT2D eigenvalue weighted by Gasteiger charge is -2.30. The van der Waals surface area contributed by atoms with E-state index in [2.05, 4.69) is 215 Å². The molecule has 0 saturated heterocycles. The second kappa shape index (κ2) is 14.3. The molecule has 3 aromatic heterocycles. The third-order valence-corrected chi connectivity index (χ3v) is 13.6. The normalized spacial score (nSPS) is 12.9. The molecule has 2 aliphatic carbocycles. The van der Waals surface area contributed by atoms with Gasteiger partial charge in [0.25, 0.3) is 0 Å². The fourth-order valence-corrected chi connectivity index (χ4v) is 11.2. The zero-order valence-electron chi connectivity index (χ0n) is 35.9. The lowest BCUT2D eigenvalue weighted by Crippen LogP contribution is -2.25. The molecule has 0 unspecified atom stereocenters. The van der Waals surface area contributed by atoms with Crippen LogP contribution in [0.4, 0.5) is 0 Å². The zero-order chi connectivity index (χ0) is 43.2. The number of fused-ring (bicyclic) bond motifs is 17. The van der Waals surface area contributed by atoms with E-state index in [1.807, 2.05) is 19.9 Å². The topological polar surface area (TPSA) is 48.5 Å². The summed E-state index contributed by atoms with van der Waals surface area (Å²) in [5, 5.41) is 4.61. The zero-order valence-corrected chi connectivity index (χ0v) is 35.9. The van der Waals surface area contributed by atoms with Crippen LogP contribution in [-0.4, -0.2) is 24.1 Å². The van der Waals surface area contributed by atoms with Crippen LogP contribution in [0.15, 0.2) is 212 Å². The van der Waals surface area contributed by atoms with Crippen LogP contribution in [0.2, 0.25) is 0 Å². The Morgan fingerprint density at radius 3 is 1.58 bits per heavy atom. The third kappa shape index (κ3) is 5.06. The van der Waals surface area contributed by atoms with Gasteiger partial charge < -0.3 is 4.57 Å². The minimum absolute atomic E-state index is 0.487. The Hall–Kier alpha value is -8.41. The molecule has 0 N–H and O–H groups in total. The minimum Gasteiger partial charge on any atom is -0.309 e. The summed E-state index contributed by atoms with van der Waals surface area (Å²) in [7, 11) is 0. The molecule has 1 spiro atoms. The molecule has 3 heterocycles. The van der Waals surface area contributed by atoms with E-state index in [0.717, 1.165) is 60.6 Å². The average Bonchev–Trinajstić information content (AvgIpc) is 4.10. The van der Waals surface area contributed by atoms with E-state index in [0.29, 0.717) is 17.6 Å². The van der Waals surface area contributed by atoms with Crippen molar-refractivity contribution in [3.8, 4) is 56.7 Å². The highest BCUT2D eigenvalue weighted by molar-refractivity contribution is 6.26. The molecule has 12 aromatic rings. The molecule has 0 bridgehead atoms. The third-order valence-electron chi connectivity index (χ3n) is 13.6. The molecule has 0 amide bonds. The molecule has 0 saturated carbocycles. The summed E-state index contributed by atoms with van der Waals surface area (Å²) in [6.07, 6.45) is 0. The van der Waals surface area contributed by atoms with Crippen LogP contribution in [0.1, 0.15) is 36.1 Å². The number of aromatic nitrogens is 5. The highest BCUT2D eigenvalue weighted by atomic mass is 15.2. The predicted molar refractivity (Wildman–Crippen MR) is 267 cm³/mol. The van der Waals surface area contributed by atoms with Gasteiger partial charge in [-0.1, -0.05) is 196 Å². The Balaban J connectivity index is 0.00000209. The molecule has 0 atom stereocenters. The summed E-state index contributed by atoms with van der Waals surface area (Å²) in [6, 6.07) is 76.4. The number of nitrogens with zero attached hydrogens (tertiary/aromatic N) is 5. The number of rotatable bonds is 4. The van der Waals surface area contributed by atoms with Crippen LogP contribution in [0.3, 0.4) is 0 Å². The number of para-hydroxylation sites is 3. The largest absolute Gasteiger partial charge is 0.309 e. The second-order valence-corrected chi connectivity index (χ2v) is 16.7. The summed E-state index contributed by atoms with van der Waals surface area (Å²) in [6.45, 7) is 4.00. The van der Waals surface area contributed by atoms with Crippen molar-refractivity contribution >= 4 is 43.6 Å². The standard InChI is InChI=1S/C58H35N5.C2H6/c1-3-18-36(19-4-1)55-59-56(44-27-17-31-48-52(44)42-25-9-14-30-47(42)58(48)45-28-12-7-22-38(45)39-23-8-13-29-46(39)58)61-57(60-55)63-49-32-15-10-24-40(49)41-34-35-51-53(54(41)63)43-26-11-16-33-50(43)62(51)37-20-5-2-6-21-37;1-2/h1-35H;1-2H3. The SMILES string of the molecule is CC.c1ccc(-c2nc(-c3cccc4c3-c3ccccc3C43c4ccccc4-c4ccccc43)nc(-n3c4ccccc4c4ccc5c(c6ccccc6n5-c5ccccc5)c43)n2)cc1. The Bertz CT molecular complexity index is 3810. The summed E-state index contributed by atoms with van der Waals surface area (Å²) in [5.74, 6) is 1.83. The maximum Gasteiger partial charge on any atom is 0.238 e. The Morgan fingerprint density at radius 1 is 0.354 bits per heavy atom. The molecule has 5 heteroatoms. The molecule has 0 radical (unpaired) electrons. The molecule has 9 aromatic carbocycles. The molecule has 0 fully saturated rings. The maximum absolute atomic E-state index is 5.61. The van der Waals surface area contributed by atoms with Crippen molar-refractivity contribution in [1.29, 1.82) is 0 Å². The lowest BCUT2D eigenvalue weighted by molar-refractivity contribution is 0.794. The van der Waals surface area contributed by atoms with Crippen LogP contribution in [-0.2, 0) is 5.41 Å². The summed E-state index contributed by atoms with van der Waals surface area (Å²) in [5.41, 5.74) is 17.0. The molecule has 0 aliphatic heterocycles. The molecule has 306 valence electrons.